The molecule has 0 aliphatic heterocycles. The molecule has 148 valence electrons. The topological polar surface area (TPSA) is 80.9 Å². The van der Waals surface area contributed by atoms with Crippen molar-refractivity contribution in [2.45, 2.75) is 12.1 Å². The van der Waals surface area contributed by atoms with Gasteiger partial charge in [-0.3, -0.25) is 4.79 Å². The molecule has 0 saturated heterocycles. The SMILES string of the molecule is Cc1ccc(-c2nc3cccnc3s2)cc1NC(=O)CSc1nc2ccccc2o1. The van der Waals surface area contributed by atoms with Crippen molar-refractivity contribution in [3.05, 3.63) is 66.4 Å². The largest absolute Gasteiger partial charge is 0.431 e. The number of fused-ring (bicyclic) bond motifs is 2. The number of para-hydroxylation sites is 2. The number of thiazole rings is 1. The number of carbonyl (C=O) groups is 1. The van der Waals surface area contributed by atoms with E-state index in [-0.39, 0.29) is 11.7 Å². The van der Waals surface area contributed by atoms with Crippen molar-refractivity contribution in [3.8, 4) is 10.6 Å². The highest BCUT2D eigenvalue weighted by Crippen LogP contribution is 2.31. The summed E-state index contributed by atoms with van der Waals surface area (Å²) in [5.41, 5.74) is 5.08. The highest BCUT2D eigenvalue weighted by molar-refractivity contribution is 7.99. The molecule has 2 aromatic carbocycles. The van der Waals surface area contributed by atoms with Crippen molar-refractivity contribution in [2.75, 3.05) is 11.1 Å². The average molecular weight is 433 g/mol. The summed E-state index contributed by atoms with van der Waals surface area (Å²) in [4.78, 5) is 26.8. The molecule has 8 heteroatoms. The van der Waals surface area contributed by atoms with Crippen LogP contribution in [0.1, 0.15) is 5.56 Å². The Labute approximate surface area is 180 Å². The minimum Gasteiger partial charge on any atom is -0.431 e. The first-order chi connectivity index (χ1) is 14.7. The molecule has 3 heterocycles. The number of carbonyl (C=O) groups excluding carboxylic acids is 1. The van der Waals surface area contributed by atoms with Crippen molar-refractivity contribution in [1.29, 1.82) is 0 Å². The van der Waals surface area contributed by atoms with Crippen LogP contribution in [0.15, 0.2) is 70.4 Å². The minimum atomic E-state index is -0.117. The molecule has 0 aliphatic carbocycles. The lowest BCUT2D eigenvalue weighted by molar-refractivity contribution is -0.113. The second kappa shape index (κ2) is 7.89. The zero-order chi connectivity index (χ0) is 20.5. The van der Waals surface area contributed by atoms with Gasteiger partial charge in [0.15, 0.2) is 5.58 Å². The number of hydrogen-bond acceptors (Lipinski definition) is 7. The molecule has 0 unspecified atom stereocenters. The number of pyridine rings is 1. The Morgan fingerprint density at radius 2 is 1.97 bits per heavy atom. The van der Waals surface area contributed by atoms with E-state index in [1.807, 2.05) is 61.5 Å². The van der Waals surface area contributed by atoms with Gasteiger partial charge in [-0.15, -0.1) is 0 Å². The number of hydrogen-bond donors (Lipinski definition) is 1. The highest BCUT2D eigenvalue weighted by Gasteiger charge is 2.12. The van der Waals surface area contributed by atoms with Crippen molar-refractivity contribution >= 4 is 56.1 Å². The van der Waals surface area contributed by atoms with Crippen molar-refractivity contribution < 1.29 is 9.21 Å². The third kappa shape index (κ3) is 3.79. The van der Waals surface area contributed by atoms with Crippen LogP contribution in [-0.2, 0) is 4.79 Å². The zero-order valence-corrected chi connectivity index (χ0v) is 17.6. The fourth-order valence-corrected chi connectivity index (χ4v) is 4.55. The van der Waals surface area contributed by atoms with Gasteiger partial charge in [-0.25, -0.2) is 15.0 Å². The van der Waals surface area contributed by atoms with Gasteiger partial charge >= 0.3 is 0 Å². The quantitative estimate of drug-likeness (QED) is 0.367. The first-order valence-corrected chi connectivity index (χ1v) is 11.1. The fraction of sp³-hybridized carbons (Fsp3) is 0.0909. The molecule has 30 heavy (non-hydrogen) atoms. The normalized spacial score (nSPS) is 11.2. The Bertz CT molecular complexity index is 1310. The summed E-state index contributed by atoms with van der Waals surface area (Å²) in [6.07, 6.45) is 1.76. The Hall–Kier alpha value is -3.23. The lowest BCUT2D eigenvalue weighted by Crippen LogP contribution is -2.14. The number of nitrogens with zero attached hydrogens (tertiary/aromatic N) is 3. The highest BCUT2D eigenvalue weighted by atomic mass is 32.2. The van der Waals surface area contributed by atoms with Crippen molar-refractivity contribution in [2.24, 2.45) is 0 Å². The van der Waals surface area contributed by atoms with Gasteiger partial charge in [0.05, 0.1) is 5.75 Å². The predicted molar refractivity (Wildman–Crippen MR) is 121 cm³/mol. The molecular weight excluding hydrogens is 416 g/mol. The van der Waals surface area contributed by atoms with E-state index in [4.69, 9.17) is 4.42 Å². The van der Waals surface area contributed by atoms with Gasteiger partial charge in [-0.2, -0.15) is 0 Å². The molecule has 0 fully saturated rings. The van der Waals surface area contributed by atoms with Gasteiger partial charge in [0.1, 0.15) is 20.9 Å². The van der Waals surface area contributed by atoms with Crippen LogP contribution in [-0.4, -0.2) is 26.6 Å². The molecule has 6 nitrogen and oxygen atoms in total. The standard InChI is InChI=1S/C22H16N4O2S2/c1-13-8-9-14(20-25-16-6-4-10-23-21(16)30-20)11-17(13)24-19(27)12-29-22-26-15-5-2-3-7-18(15)28-22/h2-11H,12H2,1H3,(H,24,27). The van der Waals surface area contributed by atoms with E-state index in [0.29, 0.717) is 10.8 Å². The lowest BCUT2D eigenvalue weighted by atomic mass is 10.1. The third-order valence-electron chi connectivity index (χ3n) is 4.53. The number of aryl methyl sites for hydroxylation is 1. The Kier molecular flexibility index (Phi) is 4.94. The summed E-state index contributed by atoms with van der Waals surface area (Å²) < 4.78 is 5.66. The molecule has 0 saturated carbocycles. The molecule has 0 bridgehead atoms. The van der Waals surface area contributed by atoms with Crippen molar-refractivity contribution in [3.63, 3.8) is 0 Å². The summed E-state index contributed by atoms with van der Waals surface area (Å²) in [7, 11) is 0. The third-order valence-corrected chi connectivity index (χ3v) is 6.38. The molecule has 0 spiro atoms. The molecular formula is C22H16N4O2S2. The molecule has 0 aliphatic rings. The van der Waals surface area contributed by atoms with E-state index >= 15 is 0 Å². The Balaban J connectivity index is 1.31. The number of aromatic nitrogens is 3. The van der Waals surface area contributed by atoms with Gasteiger partial charge in [-0.1, -0.05) is 47.4 Å². The zero-order valence-electron chi connectivity index (χ0n) is 16.0. The average Bonchev–Trinajstić information content (AvgIpc) is 3.37. The van der Waals surface area contributed by atoms with E-state index in [2.05, 4.69) is 20.3 Å². The summed E-state index contributed by atoms with van der Waals surface area (Å²) in [5, 5.41) is 4.35. The van der Waals surface area contributed by atoms with Crippen LogP contribution in [0, 0.1) is 6.92 Å². The van der Waals surface area contributed by atoms with Crippen LogP contribution in [0.25, 0.3) is 32.0 Å². The number of rotatable bonds is 5. The second-order valence-corrected chi connectivity index (χ2v) is 8.56. The van der Waals surface area contributed by atoms with Crippen LogP contribution in [0.3, 0.4) is 0 Å². The first kappa shape index (κ1) is 18.8. The molecule has 0 atom stereocenters. The number of amides is 1. The van der Waals surface area contributed by atoms with Crippen LogP contribution in [0.2, 0.25) is 0 Å². The first-order valence-electron chi connectivity index (χ1n) is 9.26. The van der Waals surface area contributed by atoms with Crippen LogP contribution < -0.4 is 5.32 Å². The van der Waals surface area contributed by atoms with Crippen LogP contribution in [0.5, 0.6) is 0 Å². The Morgan fingerprint density at radius 1 is 1.10 bits per heavy atom. The molecule has 5 aromatic rings. The van der Waals surface area contributed by atoms with E-state index in [0.717, 1.165) is 37.7 Å². The van der Waals surface area contributed by atoms with Crippen LogP contribution in [0.4, 0.5) is 5.69 Å². The summed E-state index contributed by atoms with van der Waals surface area (Å²) in [5.74, 6) is 0.0927. The molecule has 1 N–H and O–H groups in total. The minimum absolute atomic E-state index is 0.117. The molecule has 0 radical (unpaired) electrons. The molecule has 5 rings (SSSR count). The van der Waals surface area contributed by atoms with Crippen LogP contribution >= 0.6 is 23.1 Å². The van der Waals surface area contributed by atoms with E-state index in [1.54, 1.807) is 6.20 Å². The summed E-state index contributed by atoms with van der Waals surface area (Å²) >= 11 is 2.81. The lowest BCUT2D eigenvalue weighted by Gasteiger charge is -2.09. The van der Waals surface area contributed by atoms with Gasteiger partial charge in [0, 0.05) is 17.4 Å². The molecule has 3 aromatic heterocycles. The predicted octanol–water partition coefficient (Wildman–Crippen LogP) is 5.54. The van der Waals surface area contributed by atoms with Gasteiger partial charge in [-0.05, 0) is 42.8 Å². The summed E-state index contributed by atoms with van der Waals surface area (Å²) in [6.45, 7) is 1.97. The fourth-order valence-electron chi connectivity index (χ4n) is 3.01. The number of thioether (sulfide) groups is 1. The van der Waals surface area contributed by atoms with Gasteiger partial charge in [0.25, 0.3) is 5.22 Å². The van der Waals surface area contributed by atoms with E-state index in [1.165, 1.54) is 23.1 Å². The molecule has 1 amide bonds. The maximum absolute atomic E-state index is 12.5. The maximum Gasteiger partial charge on any atom is 0.257 e. The number of anilines is 1. The Morgan fingerprint density at radius 3 is 2.83 bits per heavy atom. The van der Waals surface area contributed by atoms with Gasteiger partial charge < -0.3 is 9.73 Å². The van der Waals surface area contributed by atoms with E-state index < -0.39 is 0 Å². The summed E-state index contributed by atoms with van der Waals surface area (Å²) in [6, 6.07) is 17.3. The monoisotopic (exact) mass is 432 g/mol. The smallest absolute Gasteiger partial charge is 0.257 e. The second-order valence-electron chi connectivity index (χ2n) is 6.66. The van der Waals surface area contributed by atoms with Crippen molar-refractivity contribution in [1.82, 2.24) is 15.0 Å². The number of oxazole rings is 1. The maximum atomic E-state index is 12.5. The number of benzene rings is 2. The van der Waals surface area contributed by atoms with E-state index in [9.17, 15) is 4.79 Å². The van der Waals surface area contributed by atoms with Gasteiger partial charge in [0.2, 0.25) is 5.91 Å². The number of nitrogens with one attached hydrogen (secondary N) is 1.